The molecule has 0 spiro atoms. The van der Waals surface area contributed by atoms with E-state index in [0.29, 0.717) is 11.6 Å². The molecule has 0 fully saturated rings. The Bertz CT molecular complexity index is 375. The Morgan fingerprint density at radius 2 is 1.95 bits per heavy atom. The molecule has 1 aromatic carbocycles. The minimum atomic E-state index is -0.153. The highest BCUT2D eigenvalue weighted by atomic mass is 16.2. The van der Waals surface area contributed by atoms with E-state index in [4.69, 9.17) is 5.73 Å². The molecule has 0 saturated heterocycles. The Hall–Kier alpha value is -1.71. The van der Waals surface area contributed by atoms with Gasteiger partial charge in [-0.05, 0) is 36.6 Å². The van der Waals surface area contributed by atoms with Crippen molar-refractivity contribution in [3.8, 4) is 0 Å². The molecule has 0 heterocycles. The normalized spacial score (nSPS) is 11.9. The smallest absolute Gasteiger partial charge is 0.319 e. The summed E-state index contributed by atoms with van der Waals surface area (Å²) in [6.45, 7) is 5.09. The number of nitrogens with two attached hydrogens (primary N) is 1. The van der Waals surface area contributed by atoms with Crippen LogP contribution in [0, 0.1) is 5.92 Å². The zero-order chi connectivity index (χ0) is 14.1. The summed E-state index contributed by atoms with van der Waals surface area (Å²) in [5, 5.41) is 5.72. The van der Waals surface area contributed by atoms with Crippen molar-refractivity contribution in [1.82, 2.24) is 5.32 Å². The number of anilines is 2. The molecule has 0 aliphatic heterocycles. The second-order valence-electron chi connectivity index (χ2n) is 4.87. The zero-order valence-corrected chi connectivity index (χ0v) is 11.9. The fourth-order valence-electron chi connectivity index (χ4n) is 1.92. The summed E-state index contributed by atoms with van der Waals surface area (Å²) in [7, 11) is 0. The van der Waals surface area contributed by atoms with Gasteiger partial charge in [-0.2, -0.15) is 0 Å². The number of amides is 2. The van der Waals surface area contributed by atoms with Crippen molar-refractivity contribution in [2.45, 2.75) is 39.5 Å². The molecule has 4 nitrogen and oxygen atoms in total. The Labute approximate surface area is 115 Å². The van der Waals surface area contributed by atoms with Gasteiger partial charge in [0.15, 0.2) is 0 Å². The summed E-state index contributed by atoms with van der Waals surface area (Å²) in [4.78, 5) is 11.7. The highest BCUT2D eigenvalue weighted by molar-refractivity contribution is 5.89. The second kappa shape index (κ2) is 8.40. The number of rotatable bonds is 7. The third-order valence-corrected chi connectivity index (χ3v) is 3.26. The number of unbranched alkanes of at least 4 members (excludes halogenated alkanes) is 1. The van der Waals surface area contributed by atoms with Gasteiger partial charge in [-0.3, -0.25) is 0 Å². The number of nitrogens with one attached hydrogen (secondary N) is 2. The topological polar surface area (TPSA) is 67.2 Å². The van der Waals surface area contributed by atoms with Crippen LogP contribution < -0.4 is 16.4 Å². The van der Waals surface area contributed by atoms with E-state index in [-0.39, 0.29) is 6.03 Å². The second-order valence-corrected chi connectivity index (χ2v) is 4.87. The molecule has 0 saturated carbocycles. The third kappa shape index (κ3) is 6.13. The molecule has 1 unspecified atom stereocenters. The first-order valence-corrected chi connectivity index (χ1v) is 7.06. The van der Waals surface area contributed by atoms with E-state index in [1.165, 1.54) is 19.3 Å². The molecule has 1 atom stereocenters. The molecule has 4 heteroatoms. The van der Waals surface area contributed by atoms with E-state index in [9.17, 15) is 4.79 Å². The van der Waals surface area contributed by atoms with Crippen LogP contribution in [0.15, 0.2) is 24.3 Å². The molecule has 0 aliphatic rings. The number of hydrogen-bond donors (Lipinski definition) is 3. The maximum absolute atomic E-state index is 11.7. The van der Waals surface area contributed by atoms with Crippen LogP contribution >= 0.6 is 0 Å². The van der Waals surface area contributed by atoms with Crippen molar-refractivity contribution in [2.24, 2.45) is 5.92 Å². The van der Waals surface area contributed by atoms with Gasteiger partial charge >= 0.3 is 6.03 Å². The molecule has 0 bridgehead atoms. The van der Waals surface area contributed by atoms with Crippen LogP contribution in [-0.2, 0) is 0 Å². The van der Waals surface area contributed by atoms with E-state index in [2.05, 4.69) is 24.5 Å². The number of carbonyl (C=O) groups is 1. The van der Waals surface area contributed by atoms with E-state index >= 15 is 0 Å². The van der Waals surface area contributed by atoms with Gasteiger partial charge in [0.2, 0.25) is 0 Å². The number of carbonyl (C=O) groups excluding carboxylic acids is 1. The van der Waals surface area contributed by atoms with Gasteiger partial charge in [0.05, 0.1) is 0 Å². The first-order valence-electron chi connectivity index (χ1n) is 7.06. The van der Waals surface area contributed by atoms with Crippen LogP contribution in [0.3, 0.4) is 0 Å². The van der Waals surface area contributed by atoms with Crippen LogP contribution in [0.4, 0.5) is 16.2 Å². The highest BCUT2D eigenvalue weighted by Crippen LogP contribution is 2.12. The highest BCUT2D eigenvalue weighted by Gasteiger charge is 2.08. The summed E-state index contributed by atoms with van der Waals surface area (Å²) in [6.07, 6.45) is 4.70. The van der Waals surface area contributed by atoms with Crippen LogP contribution in [0.2, 0.25) is 0 Å². The summed E-state index contributed by atoms with van der Waals surface area (Å²) >= 11 is 0. The van der Waals surface area contributed by atoms with Crippen LogP contribution in [0.1, 0.15) is 39.5 Å². The van der Waals surface area contributed by atoms with E-state index in [0.717, 1.165) is 18.7 Å². The molecule has 2 amide bonds. The average molecular weight is 263 g/mol. The lowest BCUT2D eigenvalue weighted by atomic mass is 9.99. The van der Waals surface area contributed by atoms with Crippen molar-refractivity contribution in [3.63, 3.8) is 0 Å². The van der Waals surface area contributed by atoms with Gasteiger partial charge < -0.3 is 16.4 Å². The monoisotopic (exact) mass is 263 g/mol. The van der Waals surface area contributed by atoms with Gasteiger partial charge in [0, 0.05) is 17.9 Å². The Morgan fingerprint density at radius 1 is 1.26 bits per heavy atom. The van der Waals surface area contributed by atoms with Gasteiger partial charge in [-0.1, -0.05) is 33.1 Å². The lowest BCUT2D eigenvalue weighted by molar-refractivity contribution is 0.249. The largest absolute Gasteiger partial charge is 0.399 e. The molecule has 1 aromatic rings. The van der Waals surface area contributed by atoms with Crippen molar-refractivity contribution >= 4 is 17.4 Å². The molecular weight excluding hydrogens is 238 g/mol. The maximum atomic E-state index is 11.7. The fourth-order valence-corrected chi connectivity index (χ4v) is 1.92. The van der Waals surface area contributed by atoms with E-state index in [1.54, 1.807) is 24.3 Å². The predicted molar refractivity (Wildman–Crippen MR) is 81.2 cm³/mol. The average Bonchev–Trinajstić information content (AvgIpc) is 2.42. The summed E-state index contributed by atoms with van der Waals surface area (Å²) in [5.74, 6) is 0.567. The van der Waals surface area contributed by atoms with Crippen molar-refractivity contribution in [3.05, 3.63) is 24.3 Å². The Kier molecular flexibility index (Phi) is 6.79. The first-order chi connectivity index (χ1) is 9.15. The van der Waals surface area contributed by atoms with Crippen molar-refractivity contribution in [1.29, 1.82) is 0 Å². The van der Waals surface area contributed by atoms with Crippen LogP contribution in [0.5, 0.6) is 0 Å². The third-order valence-electron chi connectivity index (χ3n) is 3.26. The SMILES string of the molecule is CCCCC(CC)CNC(=O)Nc1ccc(N)cc1. The molecular formula is C15H25N3O. The number of nitrogen functional groups attached to an aromatic ring is 1. The maximum Gasteiger partial charge on any atom is 0.319 e. The van der Waals surface area contributed by atoms with Gasteiger partial charge in [-0.15, -0.1) is 0 Å². The molecule has 19 heavy (non-hydrogen) atoms. The van der Waals surface area contributed by atoms with Crippen LogP contribution in [0.25, 0.3) is 0 Å². The minimum absolute atomic E-state index is 0.153. The fraction of sp³-hybridized carbons (Fsp3) is 0.533. The Morgan fingerprint density at radius 3 is 2.53 bits per heavy atom. The lowest BCUT2D eigenvalue weighted by Crippen LogP contribution is -2.33. The number of hydrogen-bond acceptors (Lipinski definition) is 2. The van der Waals surface area contributed by atoms with Gasteiger partial charge in [0.25, 0.3) is 0 Å². The molecule has 4 N–H and O–H groups in total. The van der Waals surface area contributed by atoms with E-state index in [1.807, 2.05) is 0 Å². The zero-order valence-electron chi connectivity index (χ0n) is 11.9. The first kappa shape index (κ1) is 15.3. The molecule has 106 valence electrons. The number of urea groups is 1. The van der Waals surface area contributed by atoms with Crippen molar-refractivity contribution in [2.75, 3.05) is 17.6 Å². The molecule has 0 aromatic heterocycles. The van der Waals surface area contributed by atoms with Crippen LogP contribution in [-0.4, -0.2) is 12.6 Å². The quantitative estimate of drug-likeness (QED) is 0.658. The molecule has 0 aliphatic carbocycles. The summed E-state index contributed by atoms with van der Waals surface area (Å²) in [6, 6.07) is 6.98. The molecule has 1 rings (SSSR count). The molecule has 0 radical (unpaired) electrons. The van der Waals surface area contributed by atoms with Gasteiger partial charge in [0.1, 0.15) is 0 Å². The standard InChI is InChI=1S/C15H25N3O/c1-3-5-6-12(4-2)11-17-15(19)18-14-9-7-13(16)8-10-14/h7-10,12H,3-6,11,16H2,1-2H3,(H2,17,18,19). The number of benzene rings is 1. The summed E-state index contributed by atoms with van der Waals surface area (Å²) < 4.78 is 0. The van der Waals surface area contributed by atoms with Gasteiger partial charge in [-0.25, -0.2) is 4.79 Å². The van der Waals surface area contributed by atoms with Crippen molar-refractivity contribution < 1.29 is 4.79 Å². The lowest BCUT2D eigenvalue weighted by Gasteiger charge is -2.15. The Balaban J connectivity index is 2.32. The minimum Gasteiger partial charge on any atom is -0.399 e. The summed E-state index contributed by atoms with van der Waals surface area (Å²) in [5.41, 5.74) is 7.04. The predicted octanol–water partition coefficient (Wildman–Crippen LogP) is 3.61. The van der Waals surface area contributed by atoms with E-state index < -0.39 is 0 Å².